The Kier molecular flexibility index (Phi) is 5.57. The van der Waals surface area contributed by atoms with Crippen LogP contribution in [0.5, 0.6) is 5.75 Å². The lowest BCUT2D eigenvalue weighted by molar-refractivity contribution is -0.138. The van der Waals surface area contributed by atoms with Crippen LogP contribution >= 0.6 is 0 Å². The van der Waals surface area contributed by atoms with E-state index in [-0.39, 0.29) is 12.6 Å². The fourth-order valence-electron chi connectivity index (χ4n) is 2.30. The summed E-state index contributed by atoms with van der Waals surface area (Å²) in [5, 5.41) is 4.31. The fraction of sp³-hybridized carbons (Fsp3) is 0.333. The molecule has 0 radical (unpaired) electrons. The maximum absolute atomic E-state index is 11.9. The van der Waals surface area contributed by atoms with E-state index < -0.39 is 0 Å². The normalized spacial score (nSPS) is 11.0. The van der Waals surface area contributed by atoms with Gasteiger partial charge in [-0.15, -0.1) is 0 Å². The lowest BCUT2D eigenvalue weighted by Gasteiger charge is -2.09. The molecule has 0 saturated heterocycles. The van der Waals surface area contributed by atoms with E-state index in [1.165, 1.54) is 6.08 Å². The van der Waals surface area contributed by atoms with Crippen molar-refractivity contribution in [1.82, 2.24) is 9.78 Å². The number of nitrogens with zero attached hydrogens (tertiary/aromatic N) is 2. The molecular formula is C18H22N2O3. The van der Waals surface area contributed by atoms with Gasteiger partial charge in [-0.2, -0.15) is 5.10 Å². The number of rotatable bonds is 6. The Morgan fingerprint density at radius 3 is 2.70 bits per heavy atom. The molecule has 0 saturated carbocycles. The molecule has 5 nitrogen and oxygen atoms in total. The van der Waals surface area contributed by atoms with Crippen molar-refractivity contribution in [3.63, 3.8) is 0 Å². The van der Waals surface area contributed by atoms with E-state index in [9.17, 15) is 4.79 Å². The summed E-state index contributed by atoms with van der Waals surface area (Å²) >= 11 is 0. The van der Waals surface area contributed by atoms with Crippen LogP contribution in [0.4, 0.5) is 0 Å². The lowest BCUT2D eigenvalue weighted by atomic mass is 10.2. The van der Waals surface area contributed by atoms with Gasteiger partial charge in [0.25, 0.3) is 0 Å². The average molecular weight is 314 g/mol. The maximum atomic E-state index is 11.9. The smallest absolute Gasteiger partial charge is 0.331 e. The summed E-state index contributed by atoms with van der Waals surface area (Å²) in [5.74, 6) is 0.352. The largest absolute Gasteiger partial charge is 0.493 e. The standard InChI is InChI=1S/C18H22N2O3/c1-5-22-17-9-7-6-8-15(17)12-23-18(21)11-10-16-13(2)19-20(4)14(16)3/h6-11H,5,12H2,1-4H3/b11-10+. The number of ether oxygens (including phenoxy) is 2. The van der Waals surface area contributed by atoms with Crippen molar-refractivity contribution in [2.45, 2.75) is 27.4 Å². The van der Waals surface area contributed by atoms with E-state index in [1.807, 2.05) is 52.1 Å². The number of hydrogen-bond donors (Lipinski definition) is 0. The fourth-order valence-corrected chi connectivity index (χ4v) is 2.30. The Labute approximate surface area is 136 Å². The first-order valence-electron chi connectivity index (χ1n) is 7.58. The molecule has 5 heteroatoms. The molecule has 0 aliphatic carbocycles. The second-order valence-corrected chi connectivity index (χ2v) is 5.19. The molecule has 122 valence electrons. The zero-order valence-corrected chi connectivity index (χ0v) is 14.0. The molecule has 23 heavy (non-hydrogen) atoms. The lowest BCUT2D eigenvalue weighted by Crippen LogP contribution is -2.03. The Morgan fingerprint density at radius 1 is 1.30 bits per heavy atom. The third-order valence-corrected chi connectivity index (χ3v) is 3.59. The summed E-state index contributed by atoms with van der Waals surface area (Å²) in [4.78, 5) is 11.9. The molecule has 0 N–H and O–H groups in total. The van der Waals surface area contributed by atoms with Gasteiger partial charge >= 0.3 is 5.97 Å². The first-order valence-corrected chi connectivity index (χ1v) is 7.58. The number of para-hydroxylation sites is 1. The van der Waals surface area contributed by atoms with Crippen LogP contribution in [0.3, 0.4) is 0 Å². The maximum Gasteiger partial charge on any atom is 0.331 e. The second kappa shape index (κ2) is 7.63. The molecule has 0 aliphatic heterocycles. The van der Waals surface area contributed by atoms with Crippen LogP contribution < -0.4 is 4.74 Å². The molecule has 0 bridgehead atoms. The van der Waals surface area contributed by atoms with Gasteiger partial charge in [0.2, 0.25) is 0 Å². The summed E-state index contributed by atoms with van der Waals surface area (Å²) in [6, 6.07) is 7.54. The minimum absolute atomic E-state index is 0.185. The van der Waals surface area contributed by atoms with Crippen LogP contribution in [-0.4, -0.2) is 22.4 Å². The van der Waals surface area contributed by atoms with E-state index in [2.05, 4.69) is 5.10 Å². The topological polar surface area (TPSA) is 53.4 Å². The highest BCUT2D eigenvalue weighted by Crippen LogP contribution is 2.19. The number of benzene rings is 1. The zero-order valence-electron chi connectivity index (χ0n) is 14.0. The Balaban J connectivity index is 1.99. The van der Waals surface area contributed by atoms with Crippen molar-refractivity contribution in [2.24, 2.45) is 7.05 Å². The van der Waals surface area contributed by atoms with Gasteiger partial charge in [0.1, 0.15) is 12.4 Å². The van der Waals surface area contributed by atoms with Crippen LogP contribution in [0.1, 0.15) is 29.4 Å². The van der Waals surface area contributed by atoms with Crippen LogP contribution in [0.25, 0.3) is 6.08 Å². The molecule has 0 aliphatic rings. The number of carbonyl (C=O) groups is 1. The molecule has 0 atom stereocenters. The molecule has 0 unspecified atom stereocenters. The van der Waals surface area contributed by atoms with E-state index in [0.717, 1.165) is 28.3 Å². The van der Waals surface area contributed by atoms with Gasteiger partial charge in [-0.1, -0.05) is 18.2 Å². The first kappa shape index (κ1) is 16.8. The third kappa shape index (κ3) is 4.22. The molecule has 0 spiro atoms. The minimum Gasteiger partial charge on any atom is -0.493 e. The van der Waals surface area contributed by atoms with E-state index in [0.29, 0.717) is 6.61 Å². The number of aromatic nitrogens is 2. The Morgan fingerprint density at radius 2 is 2.04 bits per heavy atom. The molecule has 1 aromatic carbocycles. The van der Waals surface area contributed by atoms with E-state index in [4.69, 9.17) is 9.47 Å². The average Bonchev–Trinajstić information content (AvgIpc) is 2.77. The summed E-state index contributed by atoms with van der Waals surface area (Å²) in [6.07, 6.45) is 3.18. The van der Waals surface area contributed by atoms with E-state index in [1.54, 1.807) is 10.8 Å². The van der Waals surface area contributed by atoms with Gasteiger partial charge in [-0.05, 0) is 32.9 Å². The van der Waals surface area contributed by atoms with Crippen LogP contribution in [-0.2, 0) is 23.2 Å². The molecule has 0 amide bonds. The number of aryl methyl sites for hydroxylation is 2. The van der Waals surface area contributed by atoms with Gasteiger partial charge in [0.15, 0.2) is 0 Å². The highest BCUT2D eigenvalue weighted by atomic mass is 16.5. The second-order valence-electron chi connectivity index (χ2n) is 5.19. The van der Waals surface area contributed by atoms with Crippen LogP contribution in [0.15, 0.2) is 30.3 Å². The monoisotopic (exact) mass is 314 g/mol. The van der Waals surface area contributed by atoms with Gasteiger partial charge in [-0.25, -0.2) is 4.79 Å². The van der Waals surface area contributed by atoms with Crippen LogP contribution in [0.2, 0.25) is 0 Å². The van der Waals surface area contributed by atoms with Gasteiger partial charge < -0.3 is 9.47 Å². The third-order valence-electron chi connectivity index (χ3n) is 3.59. The Hall–Kier alpha value is -2.56. The first-order chi connectivity index (χ1) is 11.0. The minimum atomic E-state index is -0.390. The van der Waals surface area contributed by atoms with Gasteiger partial charge in [-0.3, -0.25) is 4.68 Å². The van der Waals surface area contributed by atoms with Crippen molar-refractivity contribution < 1.29 is 14.3 Å². The molecular weight excluding hydrogens is 292 g/mol. The number of carbonyl (C=O) groups excluding carboxylic acids is 1. The molecule has 2 rings (SSSR count). The quantitative estimate of drug-likeness (QED) is 0.607. The highest BCUT2D eigenvalue weighted by Gasteiger charge is 2.08. The van der Waals surface area contributed by atoms with Crippen molar-refractivity contribution >= 4 is 12.0 Å². The summed E-state index contributed by atoms with van der Waals surface area (Å²) < 4.78 is 12.6. The summed E-state index contributed by atoms with van der Waals surface area (Å²) in [7, 11) is 1.88. The molecule has 1 heterocycles. The SMILES string of the molecule is CCOc1ccccc1COC(=O)/C=C/c1c(C)nn(C)c1C. The number of hydrogen-bond acceptors (Lipinski definition) is 4. The molecule has 1 aromatic heterocycles. The molecule has 0 fully saturated rings. The molecule has 2 aromatic rings. The van der Waals surface area contributed by atoms with Gasteiger partial charge in [0, 0.05) is 29.9 Å². The van der Waals surface area contributed by atoms with E-state index >= 15 is 0 Å². The van der Waals surface area contributed by atoms with Crippen molar-refractivity contribution in [2.75, 3.05) is 6.61 Å². The van der Waals surface area contributed by atoms with Crippen LogP contribution in [0, 0.1) is 13.8 Å². The van der Waals surface area contributed by atoms with Crippen molar-refractivity contribution in [3.8, 4) is 5.75 Å². The predicted octanol–water partition coefficient (Wildman–Crippen LogP) is 3.19. The zero-order chi connectivity index (χ0) is 16.8. The predicted molar refractivity (Wildman–Crippen MR) is 89.1 cm³/mol. The number of esters is 1. The highest BCUT2D eigenvalue weighted by molar-refractivity contribution is 5.87. The summed E-state index contributed by atoms with van der Waals surface area (Å²) in [6.45, 7) is 6.55. The van der Waals surface area contributed by atoms with Crippen molar-refractivity contribution in [1.29, 1.82) is 0 Å². The Bertz CT molecular complexity index is 717. The van der Waals surface area contributed by atoms with Gasteiger partial charge in [0.05, 0.1) is 12.3 Å². The van der Waals surface area contributed by atoms with Crippen molar-refractivity contribution in [3.05, 3.63) is 52.9 Å². The summed E-state index contributed by atoms with van der Waals surface area (Å²) in [5.41, 5.74) is 3.69.